The first kappa shape index (κ1) is 13.4. The monoisotopic (exact) mass is 299 g/mol. The van der Waals surface area contributed by atoms with Crippen molar-refractivity contribution in [3.05, 3.63) is 52.3 Å². The highest BCUT2D eigenvalue weighted by molar-refractivity contribution is 7.98. The van der Waals surface area contributed by atoms with Crippen molar-refractivity contribution in [2.24, 2.45) is 0 Å². The van der Waals surface area contributed by atoms with E-state index in [0.717, 1.165) is 16.5 Å². The molecule has 3 aromatic rings. The summed E-state index contributed by atoms with van der Waals surface area (Å²) in [7, 11) is 0. The second-order valence-electron chi connectivity index (χ2n) is 4.49. The van der Waals surface area contributed by atoms with E-state index in [1.807, 2.05) is 30.3 Å². The second-order valence-corrected chi connectivity index (χ2v) is 5.45. The number of anilines is 2. The van der Waals surface area contributed by atoms with E-state index in [1.165, 1.54) is 17.8 Å². The molecule has 6 nitrogen and oxygen atoms in total. The van der Waals surface area contributed by atoms with Crippen molar-refractivity contribution in [3.63, 3.8) is 0 Å². The molecule has 5 N–H and O–H groups in total. The number of nitrogens with two attached hydrogens (primary N) is 2. The normalized spacial score (nSPS) is 10.9. The Labute approximate surface area is 124 Å². The third-order valence-electron chi connectivity index (χ3n) is 2.94. The lowest BCUT2D eigenvalue weighted by Crippen LogP contribution is -2.09. The predicted molar refractivity (Wildman–Crippen MR) is 85.0 cm³/mol. The first-order chi connectivity index (χ1) is 10.1. The van der Waals surface area contributed by atoms with E-state index in [9.17, 15) is 4.79 Å². The van der Waals surface area contributed by atoms with Gasteiger partial charge in [0.2, 0.25) is 0 Å². The largest absolute Gasteiger partial charge is 0.383 e. The third kappa shape index (κ3) is 2.97. The van der Waals surface area contributed by atoms with Gasteiger partial charge in [0, 0.05) is 22.8 Å². The van der Waals surface area contributed by atoms with Crippen molar-refractivity contribution in [3.8, 4) is 0 Å². The molecule has 2 aromatic heterocycles. The molecule has 0 aliphatic rings. The number of hydrogen-bond donors (Lipinski definition) is 3. The lowest BCUT2D eigenvalue weighted by Gasteiger charge is -2.07. The van der Waals surface area contributed by atoms with Crippen LogP contribution in [0.25, 0.3) is 10.9 Å². The molecule has 1 aromatic carbocycles. The molecule has 0 radical (unpaired) electrons. The van der Waals surface area contributed by atoms with Crippen molar-refractivity contribution in [1.29, 1.82) is 0 Å². The van der Waals surface area contributed by atoms with Crippen LogP contribution in [0, 0.1) is 0 Å². The van der Waals surface area contributed by atoms with Crippen LogP contribution in [0.2, 0.25) is 0 Å². The molecule has 0 fully saturated rings. The van der Waals surface area contributed by atoms with Gasteiger partial charge in [-0.15, -0.1) is 0 Å². The molecule has 0 atom stereocenters. The van der Waals surface area contributed by atoms with Gasteiger partial charge in [0.25, 0.3) is 5.56 Å². The molecular formula is C14H13N5OS. The molecule has 21 heavy (non-hydrogen) atoms. The van der Waals surface area contributed by atoms with Crippen LogP contribution in [0.1, 0.15) is 5.56 Å². The van der Waals surface area contributed by atoms with Crippen molar-refractivity contribution < 1.29 is 0 Å². The van der Waals surface area contributed by atoms with Gasteiger partial charge in [-0.1, -0.05) is 30.0 Å². The molecule has 2 heterocycles. The third-order valence-corrected chi connectivity index (χ3v) is 3.86. The van der Waals surface area contributed by atoms with Gasteiger partial charge in [0.15, 0.2) is 5.16 Å². The van der Waals surface area contributed by atoms with E-state index in [0.29, 0.717) is 16.7 Å². The molecule has 0 unspecified atom stereocenters. The minimum Gasteiger partial charge on any atom is -0.383 e. The first-order valence-electron chi connectivity index (χ1n) is 6.25. The second kappa shape index (κ2) is 5.45. The van der Waals surface area contributed by atoms with Crippen LogP contribution in [0.5, 0.6) is 0 Å². The molecule has 0 saturated carbocycles. The van der Waals surface area contributed by atoms with Crippen LogP contribution in [0.4, 0.5) is 11.6 Å². The van der Waals surface area contributed by atoms with E-state index >= 15 is 0 Å². The number of aromatic amines is 1. The lowest BCUT2D eigenvalue weighted by atomic mass is 10.1. The Hall–Kier alpha value is -2.54. The summed E-state index contributed by atoms with van der Waals surface area (Å²) < 4.78 is 0. The quantitative estimate of drug-likeness (QED) is 0.502. The zero-order chi connectivity index (χ0) is 14.8. The highest BCUT2D eigenvalue weighted by Crippen LogP contribution is 2.25. The predicted octanol–water partition coefficient (Wildman–Crippen LogP) is 1.77. The maximum absolute atomic E-state index is 11.3. The van der Waals surface area contributed by atoms with Crippen LogP contribution in [-0.2, 0) is 5.75 Å². The number of aromatic nitrogens is 3. The number of rotatable bonds is 3. The van der Waals surface area contributed by atoms with Gasteiger partial charge in [-0.25, -0.2) is 9.97 Å². The van der Waals surface area contributed by atoms with Crippen molar-refractivity contribution in [2.75, 3.05) is 11.5 Å². The minimum absolute atomic E-state index is 0.200. The van der Waals surface area contributed by atoms with Gasteiger partial charge < -0.3 is 16.5 Å². The van der Waals surface area contributed by atoms with E-state index in [-0.39, 0.29) is 11.4 Å². The lowest BCUT2D eigenvalue weighted by molar-refractivity contribution is 0.945. The van der Waals surface area contributed by atoms with Crippen LogP contribution >= 0.6 is 11.8 Å². The Bertz CT molecular complexity index is 861. The molecular weight excluding hydrogens is 286 g/mol. The fourth-order valence-corrected chi connectivity index (χ4v) is 2.82. The number of H-pyrrole nitrogens is 1. The molecule has 0 aliphatic carbocycles. The smallest absolute Gasteiger partial charge is 0.253 e. The molecule has 0 aliphatic heterocycles. The number of pyridine rings is 1. The summed E-state index contributed by atoms with van der Waals surface area (Å²) in [5.41, 5.74) is 13.0. The summed E-state index contributed by atoms with van der Waals surface area (Å²) >= 11 is 1.36. The highest BCUT2D eigenvalue weighted by atomic mass is 32.2. The number of benzene rings is 1. The maximum Gasteiger partial charge on any atom is 0.253 e. The van der Waals surface area contributed by atoms with E-state index < -0.39 is 0 Å². The Morgan fingerprint density at radius 2 is 1.95 bits per heavy atom. The van der Waals surface area contributed by atoms with Crippen LogP contribution in [0.15, 0.2) is 46.3 Å². The SMILES string of the molecule is Nc1cc(=O)[nH]c(SCc2cc3ccccc3nc2N)n1. The Morgan fingerprint density at radius 1 is 1.14 bits per heavy atom. The van der Waals surface area contributed by atoms with Crippen molar-refractivity contribution in [2.45, 2.75) is 10.9 Å². The van der Waals surface area contributed by atoms with Crippen molar-refractivity contribution in [1.82, 2.24) is 15.0 Å². The number of nitrogen functional groups attached to an aromatic ring is 2. The van der Waals surface area contributed by atoms with Gasteiger partial charge in [0.1, 0.15) is 11.6 Å². The zero-order valence-corrected chi connectivity index (χ0v) is 11.9. The molecule has 0 bridgehead atoms. The fourth-order valence-electron chi connectivity index (χ4n) is 1.96. The van der Waals surface area contributed by atoms with Crippen molar-refractivity contribution >= 4 is 34.3 Å². The van der Waals surface area contributed by atoms with Gasteiger partial charge in [-0.05, 0) is 12.1 Å². The number of nitrogens with zero attached hydrogens (tertiary/aromatic N) is 2. The summed E-state index contributed by atoms with van der Waals surface area (Å²) in [6.07, 6.45) is 0. The summed E-state index contributed by atoms with van der Waals surface area (Å²) in [4.78, 5) is 22.4. The van der Waals surface area contributed by atoms with Crippen LogP contribution in [-0.4, -0.2) is 15.0 Å². The number of nitrogens with one attached hydrogen (secondary N) is 1. The number of fused-ring (bicyclic) bond motifs is 1. The minimum atomic E-state index is -0.269. The Morgan fingerprint density at radius 3 is 2.76 bits per heavy atom. The molecule has 106 valence electrons. The van der Waals surface area contributed by atoms with E-state index in [1.54, 1.807) is 0 Å². The highest BCUT2D eigenvalue weighted by Gasteiger charge is 2.06. The molecule has 3 rings (SSSR count). The van der Waals surface area contributed by atoms with Gasteiger partial charge in [-0.2, -0.15) is 0 Å². The number of thioether (sulfide) groups is 1. The first-order valence-corrected chi connectivity index (χ1v) is 7.24. The van der Waals surface area contributed by atoms with Crippen LogP contribution < -0.4 is 17.0 Å². The van der Waals surface area contributed by atoms with E-state index in [4.69, 9.17) is 11.5 Å². The van der Waals surface area contributed by atoms with Gasteiger partial charge in [0.05, 0.1) is 5.52 Å². The Balaban J connectivity index is 1.87. The summed E-state index contributed by atoms with van der Waals surface area (Å²) in [5, 5.41) is 1.49. The molecule has 0 spiro atoms. The average Bonchev–Trinajstić information content (AvgIpc) is 2.44. The Kier molecular flexibility index (Phi) is 3.49. The number of hydrogen-bond acceptors (Lipinski definition) is 6. The summed E-state index contributed by atoms with van der Waals surface area (Å²) in [6, 6.07) is 11.0. The van der Waals surface area contributed by atoms with Crippen LogP contribution in [0.3, 0.4) is 0 Å². The van der Waals surface area contributed by atoms with Gasteiger partial charge >= 0.3 is 0 Å². The van der Waals surface area contributed by atoms with E-state index in [2.05, 4.69) is 15.0 Å². The topological polar surface area (TPSA) is 111 Å². The standard InChI is InChI=1S/C14H13N5OS/c15-11-6-12(20)19-14(18-11)21-7-9-5-8-3-1-2-4-10(8)17-13(9)16/h1-6H,7H2,(H2,16,17)(H3,15,18,19,20). The molecule has 0 saturated heterocycles. The van der Waals surface area contributed by atoms with Gasteiger partial charge in [-0.3, -0.25) is 4.79 Å². The zero-order valence-electron chi connectivity index (χ0n) is 11.0. The fraction of sp³-hybridized carbons (Fsp3) is 0.0714. The summed E-state index contributed by atoms with van der Waals surface area (Å²) in [5.74, 6) is 1.23. The molecule has 7 heteroatoms. The number of para-hydroxylation sites is 1. The molecule has 0 amide bonds. The summed E-state index contributed by atoms with van der Waals surface area (Å²) in [6.45, 7) is 0. The maximum atomic E-state index is 11.3. The average molecular weight is 299 g/mol.